The summed E-state index contributed by atoms with van der Waals surface area (Å²) in [5.74, 6) is 1.39. The number of nitriles is 1. The Kier molecular flexibility index (Phi) is 6.94. The van der Waals surface area contributed by atoms with Crippen LogP contribution in [0.15, 0.2) is 66.7 Å². The average Bonchev–Trinajstić information content (AvgIpc) is 2.87. The van der Waals surface area contributed by atoms with Crippen LogP contribution in [-0.4, -0.2) is 25.8 Å². The number of esters is 1. The minimum Gasteiger partial charge on any atom is -0.493 e. The van der Waals surface area contributed by atoms with Crippen molar-refractivity contribution >= 4 is 22.4 Å². The van der Waals surface area contributed by atoms with Crippen molar-refractivity contribution in [2.45, 2.75) is 26.4 Å². The molecule has 0 unspecified atom stereocenters. The van der Waals surface area contributed by atoms with E-state index in [4.69, 9.17) is 29.9 Å². The van der Waals surface area contributed by atoms with Crippen LogP contribution in [0.3, 0.4) is 0 Å². The third kappa shape index (κ3) is 5.60. The molecule has 188 valence electrons. The number of carbonyl (C=O) groups excluding carboxylic acids is 1. The van der Waals surface area contributed by atoms with Gasteiger partial charge in [0.05, 0.1) is 31.4 Å². The van der Waals surface area contributed by atoms with E-state index in [-0.39, 0.29) is 5.56 Å². The van der Waals surface area contributed by atoms with Crippen LogP contribution in [0.2, 0.25) is 0 Å². The van der Waals surface area contributed by atoms with E-state index < -0.39 is 11.6 Å². The van der Waals surface area contributed by atoms with E-state index in [1.807, 2.05) is 30.3 Å². The molecule has 7 heteroatoms. The molecule has 4 aromatic carbocycles. The van der Waals surface area contributed by atoms with Gasteiger partial charge in [0.15, 0.2) is 11.5 Å². The van der Waals surface area contributed by atoms with Crippen LogP contribution >= 0.6 is 0 Å². The summed E-state index contributed by atoms with van der Waals surface area (Å²) in [4.78, 5) is 13.3. The highest BCUT2D eigenvalue weighted by Gasteiger charge is 2.25. The van der Waals surface area contributed by atoms with Gasteiger partial charge in [-0.05, 0) is 86.1 Å². The fourth-order valence-electron chi connectivity index (χ4n) is 3.93. The van der Waals surface area contributed by atoms with Gasteiger partial charge in [-0.15, -0.1) is 0 Å². The number of methoxy groups -OCH3 is 2. The van der Waals surface area contributed by atoms with Crippen LogP contribution in [0, 0.1) is 11.3 Å². The van der Waals surface area contributed by atoms with Crippen molar-refractivity contribution in [2.75, 3.05) is 20.0 Å². The Morgan fingerprint density at radius 2 is 1.49 bits per heavy atom. The second kappa shape index (κ2) is 10.1. The molecule has 0 saturated heterocycles. The Labute approximate surface area is 215 Å². The topological polar surface area (TPSA) is 104 Å². The first-order valence-corrected chi connectivity index (χ1v) is 11.6. The number of anilines is 1. The van der Waals surface area contributed by atoms with Crippen LogP contribution < -0.4 is 19.9 Å². The van der Waals surface area contributed by atoms with Gasteiger partial charge in [-0.1, -0.05) is 12.1 Å². The third-order valence-corrected chi connectivity index (χ3v) is 5.60. The predicted octanol–water partition coefficient (Wildman–Crippen LogP) is 6.73. The molecule has 0 aliphatic heterocycles. The first-order chi connectivity index (χ1) is 17.6. The molecular weight excluding hydrogens is 468 g/mol. The first-order valence-electron chi connectivity index (χ1n) is 11.6. The van der Waals surface area contributed by atoms with Crippen LogP contribution in [0.1, 0.15) is 36.7 Å². The molecular formula is C30H28N2O5. The first kappa shape index (κ1) is 25.4. The lowest BCUT2D eigenvalue weighted by Gasteiger charge is -2.22. The lowest BCUT2D eigenvalue weighted by molar-refractivity contribution is 0.00700. The Hall–Kier alpha value is -4.70. The van der Waals surface area contributed by atoms with Crippen LogP contribution in [0.4, 0.5) is 5.69 Å². The Morgan fingerprint density at radius 3 is 2.16 bits per heavy atom. The molecule has 4 rings (SSSR count). The van der Waals surface area contributed by atoms with Crippen LogP contribution in [0.5, 0.6) is 23.0 Å². The molecule has 0 radical (unpaired) electrons. The zero-order chi connectivity index (χ0) is 26.7. The number of nitrogen functional groups attached to an aromatic ring is 1. The molecule has 0 amide bonds. The monoisotopic (exact) mass is 496 g/mol. The van der Waals surface area contributed by atoms with E-state index in [9.17, 15) is 4.79 Å². The van der Waals surface area contributed by atoms with Crippen molar-refractivity contribution in [3.05, 3.63) is 77.9 Å². The van der Waals surface area contributed by atoms with E-state index in [1.165, 1.54) is 14.2 Å². The number of fused-ring (bicyclic) bond motifs is 1. The number of carbonyl (C=O) groups is 1. The van der Waals surface area contributed by atoms with E-state index in [2.05, 4.69) is 6.07 Å². The summed E-state index contributed by atoms with van der Waals surface area (Å²) in [5.41, 5.74) is 7.93. The van der Waals surface area contributed by atoms with E-state index in [0.29, 0.717) is 45.4 Å². The third-order valence-electron chi connectivity index (χ3n) is 5.60. The smallest absolute Gasteiger partial charge is 0.339 e. The number of nitrogens with zero attached hydrogens (tertiary/aromatic N) is 1. The fourth-order valence-corrected chi connectivity index (χ4v) is 3.93. The highest BCUT2D eigenvalue weighted by Crippen LogP contribution is 2.42. The van der Waals surface area contributed by atoms with Crippen LogP contribution in [-0.2, 0) is 4.74 Å². The molecule has 2 N–H and O–H groups in total. The maximum atomic E-state index is 13.3. The van der Waals surface area contributed by atoms with Crippen molar-refractivity contribution in [3.8, 4) is 40.2 Å². The maximum absolute atomic E-state index is 13.3. The molecule has 0 atom stereocenters. The summed E-state index contributed by atoms with van der Waals surface area (Å²) >= 11 is 0. The summed E-state index contributed by atoms with van der Waals surface area (Å²) in [6.07, 6.45) is 0. The molecule has 37 heavy (non-hydrogen) atoms. The van der Waals surface area contributed by atoms with Gasteiger partial charge in [0, 0.05) is 16.8 Å². The van der Waals surface area contributed by atoms with Gasteiger partial charge in [-0.2, -0.15) is 5.26 Å². The Balaban J connectivity index is 1.85. The molecule has 0 aliphatic carbocycles. The van der Waals surface area contributed by atoms with Gasteiger partial charge in [0.1, 0.15) is 17.1 Å². The van der Waals surface area contributed by atoms with Gasteiger partial charge >= 0.3 is 5.97 Å². The number of hydrogen-bond donors (Lipinski definition) is 1. The lowest BCUT2D eigenvalue weighted by Crippen LogP contribution is -2.24. The van der Waals surface area contributed by atoms with Gasteiger partial charge in [-0.3, -0.25) is 0 Å². The summed E-state index contributed by atoms with van der Waals surface area (Å²) < 4.78 is 23.0. The Bertz CT molecular complexity index is 1530. The molecule has 0 fully saturated rings. The maximum Gasteiger partial charge on any atom is 0.339 e. The van der Waals surface area contributed by atoms with Crippen molar-refractivity contribution in [1.29, 1.82) is 5.26 Å². The predicted molar refractivity (Wildman–Crippen MR) is 143 cm³/mol. The van der Waals surface area contributed by atoms with Crippen LogP contribution in [0.25, 0.3) is 21.9 Å². The van der Waals surface area contributed by atoms with E-state index >= 15 is 0 Å². The van der Waals surface area contributed by atoms with Crippen molar-refractivity contribution < 1.29 is 23.7 Å². The molecule has 0 aromatic heterocycles. The van der Waals surface area contributed by atoms with E-state index in [1.54, 1.807) is 57.2 Å². The summed E-state index contributed by atoms with van der Waals surface area (Å²) in [6, 6.07) is 21.7. The van der Waals surface area contributed by atoms with Crippen molar-refractivity contribution in [1.82, 2.24) is 0 Å². The molecule has 0 saturated carbocycles. The lowest BCUT2D eigenvalue weighted by atomic mass is 9.97. The molecule has 7 nitrogen and oxygen atoms in total. The summed E-state index contributed by atoms with van der Waals surface area (Å²) in [7, 11) is 3.03. The minimum absolute atomic E-state index is 0.283. The fraction of sp³-hybridized carbons (Fsp3) is 0.200. The zero-order valence-electron chi connectivity index (χ0n) is 21.4. The van der Waals surface area contributed by atoms with Crippen molar-refractivity contribution in [3.63, 3.8) is 0 Å². The minimum atomic E-state index is -0.701. The number of hydrogen-bond acceptors (Lipinski definition) is 7. The normalized spacial score (nSPS) is 11.0. The summed E-state index contributed by atoms with van der Waals surface area (Å²) in [5, 5.41) is 11.0. The molecule has 0 bridgehead atoms. The highest BCUT2D eigenvalue weighted by molar-refractivity contribution is 6.00. The summed E-state index contributed by atoms with van der Waals surface area (Å²) in [6.45, 7) is 5.42. The number of benzene rings is 4. The number of nitrogens with two attached hydrogens (primary N) is 1. The second-order valence-electron chi connectivity index (χ2n) is 9.45. The zero-order valence-corrected chi connectivity index (χ0v) is 21.4. The Morgan fingerprint density at radius 1 is 0.811 bits per heavy atom. The largest absolute Gasteiger partial charge is 0.493 e. The van der Waals surface area contributed by atoms with Crippen molar-refractivity contribution in [2.24, 2.45) is 0 Å². The number of ether oxygens (including phenoxy) is 4. The highest BCUT2D eigenvalue weighted by atomic mass is 16.6. The molecule has 0 aliphatic rings. The average molecular weight is 497 g/mol. The van der Waals surface area contributed by atoms with E-state index in [0.717, 1.165) is 10.8 Å². The number of rotatable bonds is 6. The van der Waals surface area contributed by atoms with Gasteiger partial charge in [0.25, 0.3) is 0 Å². The second-order valence-corrected chi connectivity index (χ2v) is 9.45. The molecule has 4 aromatic rings. The molecule has 0 spiro atoms. The van der Waals surface area contributed by atoms with Gasteiger partial charge in [0.2, 0.25) is 0 Å². The van der Waals surface area contributed by atoms with Gasteiger partial charge in [-0.25, -0.2) is 4.79 Å². The standard InChI is InChI=1S/C30H28N2O5/c1-30(2,3)37-29(33)25-16-28(35-5)27(34-4)15-23(25)24-14-21(32)9-11-26(24)36-22-10-8-19-12-18(17-31)6-7-20(19)13-22/h6-16H,32H2,1-5H3. The SMILES string of the molecule is COc1cc(C(=O)OC(C)(C)C)c(-c2cc(N)ccc2Oc2ccc3cc(C#N)ccc3c2)cc1OC. The quantitative estimate of drug-likeness (QED) is 0.233. The van der Waals surface area contributed by atoms with Gasteiger partial charge < -0.3 is 24.7 Å². The molecule has 0 heterocycles.